The molecule has 0 fully saturated rings. The van der Waals surface area contributed by atoms with Gasteiger partial charge in [-0.1, -0.05) is 58.4 Å². The fourth-order valence-electron chi connectivity index (χ4n) is 2.12. The third-order valence-electron chi connectivity index (χ3n) is 3.29. The lowest BCUT2D eigenvalue weighted by molar-refractivity contribution is 0.568. The molecule has 1 N–H and O–H groups in total. The summed E-state index contributed by atoms with van der Waals surface area (Å²) in [7, 11) is -3.55. The lowest BCUT2D eigenvalue weighted by Gasteiger charge is -2.18. The van der Waals surface area contributed by atoms with E-state index in [1.54, 1.807) is 13.0 Å². The Balaban J connectivity index is 2.34. The number of benzene rings is 2. The summed E-state index contributed by atoms with van der Waals surface area (Å²) in [5.41, 5.74) is 2.61. The number of nitrogens with one attached hydrogen (secondary N) is 1. The number of alkyl halides is 1. The van der Waals surface area contributed by atoms with Crippen LogP contribution in [0.3, 0.4) is 0 Å². The molecule has 0 spiro atoms. The molecule has 3 nitrogen and oxygen atoms in total. The van der Waals surface area contributed by atoms with Crippen LogP contribution in [0.4, 0.5) is 0 Å². The van der Waals surface area contributed by atoms with Gasteiger partial charge in [-0.2, -0.15) is 0 Å². The minimum absolute atomic E-state index is 0.295. The van der Waals surface area contributed by atoms with Crippen LogP contribution >= 0.6 is 15.9 Å². The minimum Gasteiger partial charge on any atom is -0.207 e. The quantitative estimate of drug-likeness (QED) is 0.818. The third-order valence-corrected chi connectivity index (χ3v) is 5.55. The number of sulfonamides is 1. The highest BCUT2D eigenvalue weighted by atomic mass is 79.9. The van der Waals surface area contributed by atoms with Gasteiger partial charge in [-0.3, -0.25) is 0 Å². The smallest absolute Gasteiger partial charge is 0.207 e. The Morgan fingerprint density at radius 2 is 1.76 bits per heavy atom. The van der Waals surface area contributed by atoms with Gasteiger partial charge in [0.25, 0.3) is 0 Å². The maximum Gasteiger partial charge on any atom is 0.241 e. The SMILES string of the molecule is Cc1ccc(C)c(S(=O)(=O)NC(CBr)c2ccccc2)c1. The van der Waals surface area contributed by atoms with E-state index in [-0.39, 0.29) is 6.04 Å². The Morgan fingerprint density at radius 1 is 1.10 bits per heavy atom. The molecule has 2 rings (SSSR count). The van der Waals surface area contributed by atoms with E-state index in [0.29, 0.717) is 10.2 Å². The predicted octanol–water partition coefficient (Wildman–Crippen LogP) is 3.72. The van der Waals surface area contributed by atoms with Crippen molar-refractivity contribution in [1.82, 2.24) is 4.72 Å². The van der Waals surface area contributed by atoms with Crippen molar-refractivity contribution >= 4 is 26.0 Å². The van der Waals surface area contributed by atoms with Crippen molar-refractivity contribution in [3.63, 3.8) is 0 Å². The number of hydrogen-bond acceptors (Lipinski definition) is 2. The molecule has 2 aromatic carbocycles. The summed E-state index contributed by atoms with van der Waals surface area (Å²) in [6.45, 7) is 3.69. The first-order valence-corrected chi connectivity index (χ1v) is 9.25. The summed E-state index contributed by atoms with van der Waals surface area (Å²) in [5, 5.41) is 0.515. The molecule has 2 aromatic rings. The molecule has 0 amide bonds. The molecule has 0 aliphatic carbocycles. The summed E-state index contributed by atoms with van der Waals surface area (Å²) < 4.78 is 28.0. The second-order valence-electron chi connectivity index (χ2n) is 5.01. The van der Waals surface area contributed by atoms with Crippen molar-refractivity contribution < 1.29 is 8.42 Å². The molecule has 0 saturated carbocycles. The summed E-state index contributed by atoms with van der Waals surface area (Å²) in [4.78, 5) is 0.337. The molecule has 0 saturated heterocycles. The van der Waals surface area contributed by atoms with Gasteiger partial charge in [0.05, 0.1) is 10.9 Å². The Morgan fingerprint density at radius 3 is 2.38 bits per heavy atom. The highest BCUT2D eigenvalue weighted by molar-refractivity contribution is 9.09. The van der Waals surface area contributed by atoms with Gasteiger partial charge in [-0.05, 0) is 36.6 Å². The monoisotopic (exact) mass is 367 g/mol. The normalized spacial score (nSPS) is 13.1. The zero-order chi connectivity index (χ0) is 15.5. The molecule has 0 radical (unpaired) electrons. The summed E-state index contributed by atoms with van der Waals surface area (Å²) >= 11 is 3.38. The topological polar surface area (TPSA) is 46.2 Å². The van der Waals surface area contributed by atoms with Gasteiger partial charge >= 0.3 is 0 Å². The zero-order valence-electron chi connectivity index (χ0n) is 12.0. The Kier molecular flexibility index (Phi) is 5.19. The van der Waals surface area contributed by atoms with Crippen molar-refractivity contribution in [2.24, 2.45) is 0 Å². The van der Waals surface area contributed by atoms with Crippen LogP contribution in [0.15, 0.2) is 53.4 Å². The van der Waals surface area contributed by atoms with E-state index in [2.05, 4.69) is 20.7 Å². The number of hydrogen-bond donors (Lipinski definition) is 1. The van der Waals surface area contributed by atoms with E-state index in [1.807, 2.05) is 49.4 Å². The Hall–Kier alpha value is -1.17. The summed E-state index contributed by atoms with van der Waals surface area (Å²) in [6, 6.07) is 14.7. The van der Waals surface area contributed by atoms with E-state index in [1.165, 1.54) is 0 Å². The molecule has 21 heavy (non-hydrogen) atoms. The van der Waals surface area contributed by atoms with Gasteiger partial charge in [0, 0.05) is 5.33 Å². The van der Waals surface area contributed by atoms with Crippen LogP contribution in [0.5, 0.6) is 0 Å². The molecule has 1 atom stereocenters. The lowest BCUT2D eigenvalue weighted by Crippen LogP contribution is -2.30. The van der Waals surface area contributed by atoms with Crippen molar-refractivity contribution in [3.05, 3.63) is 65.2 Å². The van der Waals surface area contributed by atoms with Crippen molar-refractivity contribution in [2.45, 2.75) is 24.8 Å². The van der Waals surface area contributed by atoms with E-state index in [4.69, 9.17) is 0 Å². The van der Waals surface area contributed by atoms with Gasteiger partial charge in [-0.25, -0.2) is 13.1 Å². The fourth-order valence-corrected chi connectivity index (χ4v) is 4.43. The van der Waals surface area contributed by atoms with Crippen molar-refractivity contribution in [3.8, 4) is 0 Å². The average molecular weight is 368 g/mol. The average Bonchev–Trinajstić information content (AvgIpc) is 2.48. The molecule has 0 aromatic heterocycles. The molecule has 5 heteroatoms. The Bertz CT molecular complexity index is 714. The van der Waals surface area contributed by atoms with Gasteiger partial charge in [0.2, 0.25) is 10.0 Å². The first kappa shape index (κ1) is 16.2. The van der Waals surface area contributed by atoms with Crippen molar-refractivity contribution in [2.75, 3.05) is 5.33 Å². The van der Waals surface area contributed by atoms with Crippen LogP contribution in [0, 0.1) is 13.8 Å². The molecular weight excluding hydrogens is 350 g/mol. The standard InChI is InChI=1S/C16H18BrNO2S/c1-12-8-9-13(2)16(10-12)21(19,20)18-15(11-17)14-6-4-3-5-7-14/h3-10,15,18H,11H2,1-2H3. The first-order chi connectivity index (χ1) is 9.94. The Labute approximate surface area is 134 Å². The fraction of sp³-hybridized carbons (Fsp3) is 0.250. The second kappa shape index (κ2) is 6.73. The van der Waals surface area contributed by atoms with Crippen LogP contribution in [-0.2, 0) is 10.0 Å². The molecular formula is C16H18BrNO2S. The molecule has 0 bridgehead atoms. The lowest BCUT2D eigenvalue weighted by atomic mass is 10.1. The number of rotatable bonds is 5. The zero-order valence-corrected chi connectivity index (χ0v) is 14.4. The molecule has 112 valence electrons. The van der Waals surface area contributed by atoms with Crippen LogP contribution in [0.2, 0.25) is 0 Å². The second-order valence-corrected chi connectivity index (χ2v) is 7.34. The summed E-state index contributed by atoms with van der Waals surface area (Å²) in [5.74, 6) is 0. The molecule has 0 aliphatic rings. The van der Waals surface area contributed by atoms with Crippen LogP contribution in [0.25, 0.3) is 0 Å². The molecule has 0 heterocycles. The summed E-state index contributed by atoms with van der Waals surface area (Å²) in [6.07, 6.45) is 0. The molecule has 0 aliphatic heterocycles. The maximum absolute atomic E-state index is 12.6. The molecule has 1 unspecified atom stereocenters. The number of aryl methyl sites for hydroxylation is 2. The largest absolute Gasteiger partial charge is 0.241 e. The predicted molar refractivity (Wildman–Crippen MR) is 89.2 cm³/mol. The van der Waals surface area contributed by atoms with Crippen molar-refractivity contribution in [1.29, 1.82) is 0 Å². The first-order valence-electron chi connectivity index (χ1n) is 6.64. The van der Waals surface area contributed by atoms with Gasteiger partial charge in [-0.15, -0.1) is 0 Å². The minimum atomic E-state index is -3.55. The van der Waals surface area contributed by atoms with Crippen LogP contribution in [0.1, 0.15) is 22.7 Å². The maximum atomic E-state index is 12.6. The van der Waals surface area contributed by atoms with Gasteiger partial charge in [0.15, 0.2) is 0 Å². The highest BCUT2D eigenvalue weighted by Crippen LogP contribution is 2.22. The van der Waals surface area contributed by atoms with Gasteiger partial charge in [0.1, 0.15) is 0 Å². The van der Waals surface area contributed by atoms with Crippen LogP contribution in [-0.4, -0.2) is 13.7 Å². The highest BCUT2D eigenvalue weighted by Gasteiger charge is 2.22. The van der Waals surface area contributed by atoms with E-state index in [0.717, 1.165) is 16.7 Å². The van der Waals surface area contributed by atoms with E-state index >= 15 is 0 Å². The van der Waals surface area contributed by atoms with Crippen LogP contribution < -0.4 is 4.72 Å². The number of halogens is 1. The van der Waals surface area contributed by atoms with Gasteiger partial charge < -0.3 is 0 Å². The third kappa shape index (κ3) is 3.93. The van der Waals surface area contributed by atoms with E-state index in [9.17, 15) is 8.42 Å². The van der Waals surface area contributed by atoms with E-state index < -0.39 is 10.0 Å².